The number of benzene rings is 1. The molecule has 2 rings (SSSR count). The molecule has 1 heterocycles. The molecule has 0 aliphatic carbocycles. The fourth-order valence-electron chi connectivity index (χ4n) is 1.76. The van der Waals surface area contributed by atoms with Crippen molar-refractivity contribution in [3.8, 4) is 0 Å². The summed E-state index contributed by atoms with van der Waals surface area (Å²) < 4.78 is 0. The number of hydrogen-bond donors (Lipinski definition) is 2. The van der Waals surface area contributed by atoms with Gasteiger partial charge in [0.25, 0.3) is 11.8 Å². The maximum absolute atomic E-state index is 11.6. The second kappa shape index (κ2) is 2.90. The Bertz CT molecular complexity index is 458. The van der Waals surface area contributed by atoms with Gasteiger partial charge in [0, 0.05) is 5.54 Å². The predicted molar refractivity (Wildman–Crippen MR) is 55.5 cm³/mol. The molecular formula is C11H12N2O2. The number of carbonyl (C=O) groups is 2. The highest BCUT2D eigenvalue weighted by Gasteiger charge is 2.32. The average molecular weight is 204 g/mol. The summed E-state index contributed by atoms with van der Waals surface area (Å²) in [7, 11) is 0. The molecule has 15 heavy (non-hydrogen) atoms. The highest BCUT2D eigenvalue weighted by molar-refractivity contribution is 6.22. The molecule has 4 nitrogen and oxygen atoms in total. The first-order valence-corrected chi connectivity index (χ1v) is 4.69. The lowest BCUT2D eigenvalue weighted by molar-refractivity contribution is 0.0879. The predicted octanol–water partition coefficient (Wildman–Crippen LogP) is 0.764. The molecule has 0 atom stereocenters. The smallest absolute Gasteiger partial charge is 0.259 e. The van der Waals surface area contributed by atoms with E-state index < -0.39 is 5.54 Å². The Morgan fingerprint density at radius 3 is 2.47 bits per heavy atom. The molecule has 1 aliphatic heterocycles. The molecule has 0 radical (unpaired) electrons. The molecule has 1 aromatic rings. The van der Waals surface area contributed by atoms with Crippen LogP contribution in [0.4, 0.5) is 0 Å². The van der Waals surface area contributed by atoms with E-state index in [1.54, 1.807) is 32.0 Å². The number of fused-ring (bicyclic) bond motifs is 1. The van der Waals surface area contributed by atoms with Crippen molar-refractivity contribution < 1.29 is 9.59 Å². The molecule has 0 aromatic heterocycles. The maximum Gasteiger partial charge on any atom is 0.259 e. The number of imide groups is 1. The number of hydrogen-bond acceptors (Lipinski definition) is 3. The fraction of sp³-hybridized carbons (Fsp3) is 0.273. The minimum absolute atomic E-state index is 0.346. The van der Waals surface area contributed by atoms with E-state index in [1.807, 2.05) is 0 Å². The maximum atomic E-state index is 11.6. The standard InChI is InChI=1S/C11H12N2O2/c1-11(2,12)7-5-3-4-6-8(7)10(15)13-9(6)14/h3-5H,12H2,1-2H3,(H,13,14,15). The van der Waals surface area contributed by atoms with Gasteiger partial charge in [0.15, 0.2) is 0 Å². The van der Waals surface area contributed by atoms with Crippen molar-refractivity contribution in [1.29, 1.82) is 0 Å². The first-order valence-electron chi connectivity index (χ1n) is 4.69. The third-order valence-electron chi connectivity index (χ3n) is 2.46. The van der Waals surface area contributed by atoms with Gasteiger partial charge in [0.1, 0.15) is 0 Å². The van der Waals surface area contributed by atoms with Crippen LogP contribution in [0, 0.1) is 0 Å². The second-order valence-corrected chi connectivity index (χ2v) is 4.23. The third kappa shape index (κ3) is 1.43. The molecule has 2 amide bonds. The van der Waals surface area contributed by atoms with E-state index in [0.717, 1.165) is 0 Å². The van der Waals surface area contributed by atoms with Crippen LogP contribution in [0.2, 0.25) is 0 Å². The van der Waals surface area contributed by atoms with Crippen LogP contribution in [0.3, 0.4) is 0 Å². The SMILES string of the molecule is CC(C)(N)c1cccc2c1C(=O)NC2=O. The van der Waals surface area contributed by atoms with E-state index in [9.17, 15) is 9.59 Å². The van der Waals surface area contributed by atoms with Crippen molar-refractivity contribution in [2.45, 2.75) is 19.4 Å². The van der Waals surface area contributed by atoms with Gasteiger partial charge < -0.3 is 5.73 Å². The van der Waals surface area contributed by atoms with Crippen LogP contribution in [-0.4, -0.2) is 11.8 Å². The van der Waals surface area contributed by atoms with Crippen molar-refractivity contribution in [2.24, 2.45) is 5.73 Å². The highest BCUT2D eigenvalue weighted by Crippen LogP contribution is 2.27. The number of amides is 2. The molecule has 0 unspecified atom stereocenters. The van der Waals surface area contributed by atoms with E-state index in [0.29, 0.717) is 16.7 Å². The summed E-state index contributed by atoms with van der Waals surface area (Å²) in [4.78, 5) is 22.9. The quantitative estimate of drug-likeness (QED) is 0.663. The number of nitrogens with one attached hydrogen (secondary N) is 1. The van der Waals surface area contributed by atoms with Crippen LogP contribution in [0.5, 0.6) is 0 Å². The first-order chi connectivity index (χ1) is 6.91. The first kappa shape index (κ1) is 9.86. The lowest BCUT2D eigenvalue weighted by atomic mass is 9.89. The minimum atomic E-state index is -0.632. The summed E-state index contributed by atoms with van der Waals surface area (Å²) >= 11 is 0. The summed E-state index contributed by atoms with van der Waals surface area (Å²) in [6.07, 6.45) is 0. The van der Waals surface area contributed by atoms with Crippen molar-refractivity contribution in [3.05, 3.63) is 34.9 Å². The van der Waals surface area contributed by atoms with Crippen LogP contribution < -0.4 is 11.1 Å². The lowest BCUT2D eigenvalue weighted by Crippen LogP contribution is -2.31. The van der Waals surface area contributed by atoms with Gasteiger partial charge in [-0.3, -0.25) is 14.9 Å². The van der Waals surface area contributed by atoms with Crippen LogP contribution in [0.1, 0.15) is 40.1 Å². The highest BCUT2D eigenvalue weighted by atomic mass is 16.2. The molecule has 0 saturated carbocycles. The van der Waals surface area contributed by atoms with Crippen LogP contribution in [0.25, 0.3) is 0 Å². The second-order valence-electron chi connectivity index (χ2n) is 4.23. The van der Waals surface area contributed by atoms with Gasteiger partial charge in [-0.25, -0.2) is 0 Å². The molecule has 3 N–H and O–H groups in total. The number of rotatable bonds is 1. The molecule has 0 fully saturated rings. The Morgan fingerprint density at radius 2 is 1.87 bits per heavy atom. The minimum Gasteiger partial charge on any atom is -0.322 e. The molecule has 0 spiro atoms. The zero-order chi connectivity index (χ0) is 11.2. The molecule has 0 bridgehead atoms. The van der Waals surface area contributed by atoms with Crippen LogP contribution >= 0.6 is 0 Å². The van der Waals surface area contributed by atoms with E-state index in [-0.39, 0.29) is 11.8 Å². The molecule has 1 aromatic carbocycles. The van der Waals surface area contributed by atoms with Gasteiger partial charge in [-0.15, -0.1) is 0 Å². The van der Waals surface area contributed by atoms with Gasteiger partial charge in [-0.1, -0.05) is 12.1 Å². The van der Waals surface area contributed by atoms with Crippen LogP contribution in [-0.2, 0) is 5.54 Å². The fourth-order valence-corrected chi connectivity index (χ4v) is 1.76. The summed E-state index contributed by atoms with van der Waals surface area (Å²) in [5, 5.41) is 2.26. The van der Waals surface area contributed by atoms with E-state index in [2.05, 4.69) is 5.32 Å². The van der Waals surface area contributed by atoms with Crippen molar-refractivity contribution in [2.75, 3.05) is 0 Å². The number of carbonyl (C=O) groups excluding carboxylic acids is 2. The van der Waals surface area contributed by atoms with Gasteiger partial charge in [0.05, 0.1) is 11.1 Å². The zero-order valence-electron chi connectivity index (χ0n) is 8.63. The van der Waals surface area contributed by atoms with E-state index in [1.165, 1.54) is 0 Å². The monoisotopic (exact) mass is 204 g/mol. The summed E-state index contributed by atoms with van der Waals surface area (Å²) in [6, 6.07) is 5.14. The molecule has 78 valence electrons. The Kier molecular flexibility index (Phi) is 1.91. The summed E-state index contributed by atoms with van der Waals surface area (Å²) in [5.41, 5.74) is 6.84. The Labute approximate surface area is 87.5 Å². The van der Waals surface area contributed by atoms with Crippen molar-refractivity contribution in [1.82, 2.24) is 5.32 Å². The van der Waals surface area contributed by atoms with Crippen molar-refractivity contribution in [3.63, 3.8) is 0 Å². The number of nitrogens with two attached hydrogens (primary N) is 1. The van der Waals surface area contributed by atoms with Crippen molar-refractivity contribution >= 4 is 11.8 Å². The molecule has 4 heteroatoms. The summed E-state index contributed by atoms with van der Waals surface area (Å²) in [5.74, 6) is -0.703. The average Bonchev–Trinajstić information content (AvgIpc) is 2.41. The van der Waals surface area contributed by atoms with Gasteiger partial charge in [-0.05, 0) is 25.5 Å². The van der Waals surface area contributed by atoms with Gasteiger partial charge >= 0.3 is 0 Å². The molecular weight excluding hydrogens is 192 g/mol. The Balaban J connectivity index is 2.71. The van der Waals surface area contributed by atoms with Gasteiger partial charge in [-0.2, -0.15) is 0 Å². The summed E-state index contributed by atoms with van der Waals surface area (Å²) in [6.45, 7) is 3.61. The van der Waals surface area contributed by atoms with Crippen LogP contribution in [0.15, 0.2) is 18.2 Å². The largest absolute Gasteiger partial charge is 0.322 e. The third-order valence-corrected chi connectivity index (χ3v) is 2.46. The molecule has 1 aliphatic rings. The molecule has 0 saturated heterocycles. The Morgan fingerprint density at radius 1 is 1.20 bits per heavy atom. The zero-order valence-corrected chi connectivity index (χ0v) is 8.63. The topological polar surface area (TPSA) is 72.2 Å². The lowest BCUT2D eigenvalue weighted by Gasteiger charge is -2.21. The normalized spacial score (nSPS) is 15.1. The van der Waals surface area contributed by atoms with E-state index >= 15 is 0 Å². The van der Waals surface area contributed by atoms with Gasteiger partial charge in [0.2, 0.25) is 0 Å². The Hall–Kier alpha value is -1.68. The van der Waals surface area contributed by atoms with E-state index in [4.69, 9.17) is 5.73 Å².